The summed E-state index contributed by atoms with van der Waals surface area (Å²) < 4.78 is 60.5. The van der Waals surface area contributed by atoms with E-state index in [-0.39, 0.29) is 18.5 Å². The minimum Gasteiger partial charge on any atom is -0.328 e. The van der Waals surface area contributed by atoms with Crippen molar-refractivity contribution in [3.8, 4) is 0 Å². The van der Waals surface area contributed by atoms with Crippen LogP contribution in [0.15, 0.2) is 0 Å². The minimum absolute atomic E-state index is 0.134. The van der Waals surface area contributed by atoms with Crippen molar-refractivity contribution in [2.45, 2.75) is 37.9 Å². The molecule has 1 fully saturated rings. The molecule has 0 amide bonds. The third-order valence-corrected chi connectivity index (χ3v) is 4.17. The Balaban J connectivity index is 2.17. The molecule has 4 nitrogen and oxygen atoms in total. The van der Waals surface area contributed by atoms with Gasteiger partial charge in [0.15, 0.2) is 0 Å². The number of halogens is 3. The molecule has 0 radical (unpaired) electrons. The van der Waals surface area contributed by atoms with E-state index < -0.39 is 34.8 Å². The highest BCUT2D eigenvalue weighted by Gasteiger charge is 2.29. The average molecular weight is 274 g/mol. The molecule has 3 N–H and O–H groups in total. The molecule has 8 heteroatoms. The summed E-state index contributed by atoms with van der Waals surface area (Å²) in [5, 5.41) is 0. The summed E-state index contributed by atoms with van der Waals surface area (Å²) in [5.41, 5.74) is 5.53. The first-order chi connectivity index (χ1) is 7.68. The van der Waals surface area contributed by atoms with Crippen LogP contribution in [0.3, 0.4) is 0 Å². The molecule has 1 rings (SSSR count). The Bertz CT molecular complexity index is 337. The Morgan fingerprint density at radius 1 is 1.29 bits per heavy atom. The first-order valence-corrected chi connectivity index (χ1v) is 7.13. The van der Waals surface area contributed by atoms with Gasteiger partial charge in [-0.25, -0.2) is 13.1 Å². The van der Waals surface area contributed by atoms with Crippen molar-refractivity contribution < 1.29 is 21.6 Å². The number of alkyl halides is 3. The van der Waals surface area contributed by atoms with Crippen molar-refractivity contribution in [3.05, 3.63) is 0 Å². The second-order valence-electron chi connectivity index (χ2n) is 4.48. The molecule has 0 spiro atoms. The summed E-state index contributed by atoms with van der Waals surface area (Å²) in [5.74, 6) is -0.256. The number of sulfonamides is 1. The molecule has 1 aliphatic carbocycles. The summed E-state index contributed by atoms with van der Waals surface area (Å²) in [7, 11) is -3.58. The van der Waals surface area contributed by atoms with E-state index in [0.717, 1.165) is 12.8 Å². The summed E-state index contributed by atoms with van der Waals surface area (Å²) in [4.78, 5) is 0. The second kappa shape index (κ2) is 5.53. The van der Waals surface area contributed by atoms with Gasteiger partial charge in [0.25, 0.3) is 0 Å². The maximum Gasteiger partial charge on any atom is 0.389 e. The SMILES string of the molecule is NC1CC(CNS(=O)(=O)CCCC(F)(F)F)C1. The topological polar surface area (TPSA) is 72.2 Å². The molecule has 0 aromatic carbocycles. The van der Waals surface area contributed by atoms with Gasteiger partial charge in [-0.1, -0.05) is 0 Å². The molecule has 102 valence electrons. The highest BCUT2D eigenvalue weighted by Crippen LogP contribution is 2.25. The maximum absolute atomic E-state index is 11.8. The minimum atomic E-state index is -4.30. The fourth-order valence-electron chi connectivity index (χ4n) is 1.73. The van der Waals surface area contributed by atoms with Gasteiger partial charge >= 0.3 is 6.18 Å². The van der Waals surface area contributed by atoms with Crippen LogP contribution in [0.2, 0.25) is 0 Å². The van der Waals surface area contributed by atoms with Crippen LogP contribution < -0.4 is 10.5 Å². The first kappa shape index (κ1) is 14.7. The van der Waals surface area contributed by atoms with E-state index in [1.807, 2.05) is 0 Å². The van der Waals surface area contributed by atoms with E-state index in [0.29, 0.717) is 0 Å². The molecule has 0 aromatic heterocycles. The van der Waals surface area contributed by atoms with Crippen LogP contribution >= 0.6 is 0 Å². The highest BCUT2D eigenvalue weighted by atomic mass is 32.2. The average Bonchev–Trinajstić information content (AvgIpc) is 2.08. The quantitative estimate of drug-likeness (QED) is 0.758. The third kappa shape index (κ3) is 6.23. The van der Waals surface area contributed by atoms with E-state index in [1.165, 1.54) is 0 Å². The van der Waals surface area contributed by atoms with Gasteiger partial charge in [-0.15, -0.1) is 0 Å². The Morgan fingerprint density at radius 2 is 1.88 bits per heavy atom. The summed E-state index contributed by atoms with van der Waals surface area (Å²) in [6.45, 7) is 0.280. The van der Waals surface area contributed by atoms with E-state index in [4.69, 9.17) is 5.73 Å². The smallest absolute Gasteiger partial charge is 0.328 e. The molecular weight excluding hydrogens is 257 g/mol. The predicted molar refractivity (Wildman–Crippen MR) is 57.8 cm³/mol. The number of nitrogens with one attached hydrogen (secondary N) is 1. The fourth-order valence-corrected chi connectivity index (χ4v) is 2.89. The molecule has 1 aliphatic rings. The van der Waals surface area contributed by atoms with Gasteiger partial charge in [-0.2, -0.15) is 13.2 Å². The normalized spacial score (nSPS) is 25.6. The molecule has 0 aromatic rings. The van der Waals surface area contributed by atoms with Crippen LogP contribution in [0, 0.1) is 5.92 Å². The van der Waals surface area contributed by atoms with Gasteiger partial charge in [0.05, 0.1) is 5.75 Å². The van der Waals surface area contributed by atoms with Gasteiger partial charge in [0.2, 0.25) is 10.0 Å². The Hall–Kier alpha value is -0.340. The molecule has 0 saturated heterocycles. The van der Waals surface area contributed by atoms with Crippen molar-refractivity contribution >= 4 is 10.0 Å². The Kier molecular flexibility index (Phi) is 4.79. The zero-order valence-corrected chi connectivity index (χ0v) is 10.1. The first-order valence-electron chi connectivity index (χ1n) is 5.47. The lowest BCUT2D eigenvalue weighted by Crippen LogP contribution is -2.43. The summed E-state index contributed by atoms with van der Waals surface area (Å²) >= 11 is 0. The van der Waals surface area contributed by atoms with E-state index in [1.54, 1.807) is 0 Å². The van der Waals surface area contributed by atoms with Crippen molar-refractivity contribution in [3.63, 3.8) is 0 Å². The van der Waals surface area contributed by atoms with Gasteiger partial charge in [-0.3, -0.25) is 0 Å². The lowest BCUT2D eigenvalue weighted by atomic mass is 9.81. The fraction of sp³-hybridized carbons (Fsp3) is 1.00. The predicted octanol–water partition coefficient (Wildman–Crippen LogP) is 0.986. The number of hydrogen-bond acceptors (Lipinski definition) is 3. The van der Waals surface area contributed by atoms with Gasteiger partial charge in [0, 0.05) is 19.0 Å². The van der Waals surface area contributed by atoms with Crippen LogP contribution in [-0.2, 0) is 10.0 Å². The van der Waals surface area contributed by atoms with E-state index in [9.17, 15) is 21.6 Å². The molecule has 17 heavy (non-hydrogen) atoms. The molecule has 0 aliphatic heterocycles. The van der Waals surface area contributed by atoms with Gasteiger partial charge in [-0.05, 0) is 25.2 Å². The standard InChI is InChI=1S/C9H17F3N2O2S/c10-9(11,12)2-1-3-17(15,16)14-6-7-4-8(13)5-7/h7-8,14H,1-6,13H2. The lowest BCUT2D eigenvalue weighted by molar-refractivity contribution is -0.134. The van der Waals surface area contributed by atoms with Crippen molar-refractivity contribution in [1.29, 1.82) is 0 Å². The van der Waals surface area contributed by atoms with Crippen molar-refractivity contribution in [2.75, 3.05) is 12.3 Å². The molecule has 1 saturated carbocycles. The van der Waals surface area contributed by atoms with Gasteiger partial charge in [0.1, 0.15) is 0 Å². The highest BCUT2D eigenvalue weighted by molar-refractivity contribution is 7.89. The van der Waals surface area contributed by atoms with Crippen LogP contribution in [0.1, 0.15) is 25.7 Å². The number of hydrogen-bond donors (Lipinski definition) is 2. The molecular formula is C9H17F3N2O2S. The van der Waals surface area contributed by atoms with E-state index in [2.05, 4.69) is 4.72 Å². The van der Waals surface area contributed by atoms with Crippen LogP contribution in [0.4, 0.5) is 13.2 Å². The molecule has 0 bridgehead atoms. The Morgan fingerprint density at radius 3 is 2.35 bits per heavy atom. The second-order valence-corrected chi connectivity index (χ2v) is 6.41. The summed E-state index contributed by atoms with van der Waals surface area (Å²) in [6.07, 6.45) is -4.22. The zero-order chi connectivity index (χ0) is 13.1. The summed E-state index contributed by atoms with van der Waals surface area (Å²) in [6, 6.07) is 0.134. The largest absolute Gasteiger partial charge is 0.389 e. The van der Waals surface area contributed by atoms with Crippen molar-refractivity contribution in [1.82, 2.24) is 4.72 Å². The third-order valence-electron chi connectivity index (χ3n) is 2.74. The number of nitrogens with two attached hydrogens (primary N) is 1. The zero-order valence-electron chi connectivity index (χ0n) is 9.33. The van der Waals surface area contributed by atoms with Gasteiger partial charge < -0.3 is 5.73 Å². The molecule has 0 unspecified atom stereocenters. The maximum atomic E-state index is 11.8. The number of rotatable bonds is 6. The molecule has 0 atom stereocenters. The van der Waals surface area contributed by atoms with E-state index >= 15 is 0 Å². The van der Waals surface area contributed by atoms with Crippen LogP contribution in [0.5, 0.6) is 0 Å². The molecule has 0 heterocycles. The monoisotopic (exact) mass is 274 g/mol. The lowest BCUT2D eigenvalue weighted by Gasteiger charge is -2.32. The van der Waals surface area contributed by atoms with Crippen LogP contribution in [0.25, 0.3) is 0 Å². The van der Waals surface area contributed by atoms with Crippen LogP contribution in [-0.4, -0.2) is 32.9 Å². The van der Waals surface area contributed by atoms with Crippen molar-refractivity contribution in [2.24, 2.45) is 11.7 Å². The Labute approximate surface area is 98.8 Å².